The Labute approximate surface area is 154 Å². The minimum absolute atomic E-state index is 0.109. The molecule has 2 rings (SSSR count). The van der Waals surface area contributed by atoms with Crippen molar-refractivity contribution < 1.29 is 41.0 Å². The third-order valence-corrected chi connectivity index (χ3v) is 6.47. The maximum atomic E-state index is 13.2. The predicted octanol–water partition coefficient (Wildman–Crippen LogP) is 4.73. The molecular weight excluding hydrogens is 378 g/mol. The molecule has 2 fully saturated rings. The molecule has 158 valence electrons. The molecule has 0 aromatic rings. The highest BCUT2D eigenvalue weighted by Crippen LogP contribution is 2.56. The molecule has 6 atom stereocenters. The van der Waals surface area contributed by atoms with Gasteiger partial charge in [-0.25, -0.2) is 0 Å². The second-order valence-electron chi connectivity index (χ2n) is 8.54. The van der Waals surface area contributed by atoms with Crippen molar-refractivity contribution >= 4 is 5.97 Å². The molecule has 27 heavy (non-hydrogen) atoms. The van der Waals surface area contributed by atoms with E-state index in [9.17, 15) is 36.2 Å². The molecule has 0 amide bonds. The Bertz CT molecular complexity index is 540. The summed E-state index contributed by atoms with van der Waals surface area (Å²) in [5.74, 6) is -1.84. The molecule has 1 N–H and O–H groups in total. The zero-order valence-corrected chi connectivity index (χ0v) is 15.7. The van der Waals surface area contributed by atoms with Crippen LogP contribution in [0.4, 0.5) is 26.3 Å². The molecule has 0 aromatic heterocycles. The first kappa shape index (κ1) is 22.3. The number of carbonyl (C=O) groups excluding carboxylic acids is 1. The molecule has 3 nitrogen and oxygen atoms in total. The summed E-state index contributed by atoms with van der Waals surface area (Å²) in [7, 11) is 0. The number of rotatable bonds is 5. The zero-order valence-electron chi connectivity index (χ0n) is 15.7. The van der Waals surface area contributed by atoms with Crippen LogP contribution in [0.3, 0.4) is 0 Å². The summed E-state index contributed by atoms with van der Waals surface area (Å²) in [4.78, 5) is 12.5. The maximum Gasteiger partial charge on any atom is 0.430 e. The Kier molecular flexibility index (Phi) is 5.88. The Morgan fingerprint density at radius 1 is 1.04 bits per heavy atom. The van der Waals surface area contributed by atoms with Gasteiger partial charge in [0.15, 0.2) is 0 Å². The number of halogens is 6. The SMILES string of the molecule is CC(C)CC(OC(=O)C1CC2CC1C(C)C2C)C(O)(C(F)(F)F)C(F)(F)F. The first-order valence-electron chi connectivity index (χ1n) is 9.17. The highest BCUT2D eigenvalue weighted by Gasteiger charge is 2.75. The smallest absolute Gasteiger partial charge is 0.430 e. The Balaban J connectivity index is 2.28. The van der Waals surface area contributed by atoms with Crippen molar-refractivity contribution in [3.63, 3.8) is 0 Å². The molecule has 0 radical (unpaired) electrons. The first-order chi connectivity index (χ1) is 12.1. The predicted molar refractivity (Wildman–Crippen MR) is 84.4 cm³/mol. The number of carbonyl (C=O) groups is 1. The van der Waals surface area contributed by atoms with Crippen molar-refractivity contribution in [2.75, 3.05) is 0 Å². The molecule has 0 saturated heterocycles. The van der Waals surface area contributed by atoms with Crippen LogP contribution in [-0.4, -0.2) is 35.1 Å². The van der Waals surface area contributed by atoms with Gasteiger partial charge in [0, 0.05) is 0 Å². The van der Waals surface area contributed by atoms with Gasteiger partial charge in [-0.2, -0.15) is 26.3 Å². The summed E-state index contributed by atoms with van der Waals surface area (Å²) in [6, 6.07) is 0. The van der Waals surface area contributed by atoms with Crippen molar-refractivity contribution in [1.82, 2.24) is 0 Å². The van der Waals surface area contributed by atoms with Crippen molar-refractivity contribution in [3.05, 3.63) is 0 Å². The molecule has 0 aromatic carbocycles. The largest absolute Gasteiger partial charge is 0.458 e. The van der Waals surface area contributed by atoms with E-state index < -0.39 is 48.3 Å². The van der Waals surface area contributed by atoms with Gasteiger partial charge in [-0.05, 0) is 48.9 Å². The van der Waals surface area contributed by atoms with E-state index in [0.29, 0.717) is 12.3 Å². The summed E-state index contributed by atoms with van der Waals surface area (Å²) in [5.41, 5.74) is -5.10. The van der Waals surface area contributed by atoms with E-state index in [2.05, 4.69) is 0 Å². The lowest BCUT2D eigenvalue weighted by Gasteiger charge is -2.39. The Hall–Kier alpha value is -0.990. The van der Waals surface area contributed by atoms with E-state index in [0.717, 1.165) is 6.42 Å². The van der Waals surface area contributed by atoms with E-state index in [1.165, 1.54) is 13.8 Å². The van der Waals surface area contributed by atoms with Crippen LogP contribution in [0.5, 0.6) is 0 Å². The van der Waals surface area contributed by atoms with Gasteiger partial charge >= 0.3 is 18.3 Å². The van der Waals surface area contributed by atoms with Gasteiger partial charge in [0.25, 0.3) is 5.60 Å². The number of hydrogen-bond donors (Lipinski definition) is 1. The molecule has 2 saturated carbocycles. The van der Waals surface area contributed by atoms with Crippen LogP contribution in [0.2, 0.25) is 0 Å². The fourth-order valence-corrected chi connectivity index (χ4v) is 4.70. The van der Waals surface area contributed by atoms with Crippen LogP contribution in [0, 0.1) is 35.5 Å². The van der Waals surface area contributed by atoms with Crippen molar-refractivity contribution in [1.29, 1.82) is 0 Å². The van der Waals surface area contributed by atoms with Gasteiger partial charge in [0.05, 0.1) is 5.92 Å². The Morgan fingerprint density at radius 3 is 1.93 bits per heavy atom. The average molecular weight is 404 g/mol. The van der Waals surface area contributed by atoms with Gasteiger partial charge < -0.3 is 9.84 Å². The van der Waals surface area contributed by atoms with Gasteiger partial charge in [-0.1, -0.05) is 27.7 Å². The van der Waals surface area contributed by atoms with Crippen molar-refractivity contribution in [2.45, 2.75) is 71.0 Å². The number of hydrogen-bond acceptors (Lipinski definition) is 3. The number of esters is 1. The fraction of sp³-hybridized carbons (Fsp3) is 0.944. The second-order valence-corrected chi connectivity index (χ2v) is 8.54. The number of ether oxygens (including phenoxy) is 1. The number of aliphatic hydroxyl groups is 1. The van der Waals surface area contributed by atoms with E-state index in [1.54, 1.807) is 0 Å². The Morgan fingerprint density at radius 2 is 1.56 bits per heavy atom. The lowest BCUT2D eigenvalue weighted by atomic mass is 9.75. The second kappa shape index (κ2) is 7.12. The van der Waals surface area contributed by atoms with E-state index in [1.807, 2.05) is 13.8 Å². The standard InChI is InChI=1S/C18H26F6O3/c1-8(2)5-14(16(26,17(19,20)21)18(22,23)24)27-15(25)13-7-11-6-12(13)10(4)9(11)3/h8-14,26H,5-7H2,1-4H3. The van der Waals surface area contributed by atoms with Crippen LogP contribution in [0.15, 0.2) is 0 Å². The average Bonchev–Trinajstić information content (AvgIpc) is 3.03. The quantitative estimate of drug-likeness (QED) is 0.532. The van der Waals surface area contributed by atoms with Crippen LogP contribution < -0.4 is 0 Å². The fourth-order valence-electron chi connectivity index (χ4n) is 4.70. The molecule has 0 heterocycles. The number of alkyl halides is 6. The van der Waals surface area contributed by atoms with Crippen LogP contribution in [0.25, 0.3) is 0 Å². The highest BCUT2D eigenvalue weighted by molar-refractivity contribution is 5.74. The topological polar surface area (TPSA) is 46.5 Å². The minimum atomic E-state index is -6.03. The van der Waals surface area contributed by atoms with Crippen molar-refractivity contribution in [3.8, 4) is 0 Å². The summed E-state index contributed by atoms with van der Waals surface area (Å²) >= 11 is 0. The number of fused-ring (bicyclic) bond motifs is 2. The summed E-state index contributed by atoms with van der Waals surface area (Å²) in [5, 5.41) is 9.68. The molecular formula is C18H26F6O3. The van der Waals surface area contributed by atoms with E-state index in [-0.39, 0.29) is 17.8 Å². The van der Waals surface area contributed by atoms with Gasteiger partial charge in [-0.3, -0.25) is 4.79 Å². The summed E-state index contributed by atoms with van der Waals surface area (Å²) in [6.07, 6.45) is -14.4. The van der Waals surface area contributed by atoms with Crippen LogP contribution in [-0.2, 0) is 9.53 Å². The van der Waals surface area contributed by atoms with Gasteiger partial charge in [0.1, 0.15) is 6.10 Å². The minimum Gasteiger partial charge on any atom is -0.458 e. The summed E-state index contributed by atoms with van der Waals surface area (Å²) < 4.78 is 84.2. The summed E-state index contributed by atoms with van der Waals surface area (Å²) in [6.45, 7) is 6.76. The lowest BCUT2D eigenvalue weighted by molar-refractivity contribution is -0.392. The lowest BCUT2D eigenvalue weighted by Crippen LogP contribution is -2.65. The molecule has 2 aliphatic rings. The van der Waals surface area contributed by atoms with Crippen LogP contribution >= 0.6 is 0 Å². The van der Waals surface area contributed by atoms with Crippen LogP contribution in [0.1, 0.15) is 47.0 Å². The molecule has 0 spiro atoms. The zero-order chi connectivity index (χ0) is 20.9. The maximum absolute atomic E-state index is 13.2. The van der Waals surface area contributed by atoms with Crippen molar-refractivity contribution in [2.24, 2.45) is 35.5 Å². The first-order valence-corrected chi connectivity index (χ1v) is 9.17. The molecule has 0 aliphatic heterocycles. The molecule has 2 aliphatic carbocycles. The van der Waals surface area contributed by atoms with E-state index in [4.69, 9.17) is 4.74 Å². The molecule has 9 heteroatoms. The third-order valence-electron chi connectivity index (χ3n) is 6.47. The monoisotopic (exact) mass is 404 g/mol. The molecule has 2 bridgehead atoms. The third kappa shape index (κ3) is 3.80. The molecule has 6 unspecified atom stereocenters. The van der Waals surface area contributed by atoms with E-state index >= 15 is 0 Å². The van der Waals surface area contributed by atoms with Gasteiger partial charge in [-0.15, -0.1) is 0 Å². The van der Waals surface area contributed by atoms with Gasteiger partial charge in [0.2, 0.25) is 0 Å². The highest BCUT2D eigenvalue weighted by atomic mass is 19.4. The normalized spacial score (nSPS) is 32.8.